The highest BCUT2D eigenvalue weighted by Gasteiger charge is 2.50. The van der Waals surface area contributed by atoms with Gasteiger partial charge in [0.1, 0.15) is 0 Å². The fraction of sp³-hybridized carbons (Fsp3) is 1.00. The molecular weight excluding hydrogens is 356 g/mol. The highest BCUT2D eigenvalue weighted by atomic mass is 15.3. The van der Waals surface area contributed by atoms with Crippen LogP contribution in [0.25, 0.3) is 0 Å². The topological polar surface area (TPSA) is 13.0 Å². The first-order valence-corrected chi connectivity index (χ1v) is 12.3. The molecule has 0 radical (unpaired) electrons. The molecule has 0 N–H and O–H groups in total. The Balaban J connectivity index is 1.46. The first kappa shape index (κ1) is 23.5. The van der Waals surface area contributed by atoms with Gasteiger partial charge in [0.05, 0.1) is 0 Å². The maximum absolute atomic E-state index is 2.85. The van der Waals surface area contributed by atoms with Gasteiger partial charge in [0.2, 0.25) is 0 Å². The average molecular weight is 407 g/mol. The van der Waals surface area contributed by atoms with E-state index in [-0.39, 0.29) is 0 Å². The maximum Gasteiger partial charge on any atom is 0.0146 e. The van der Waals surface area contributed by atoms with Crippen molar-refractivity contribution in [3.05, 3.63) is 0 Å². The number of hydrogen-bond acceptors (Lipinski definition) is 4. The molecule has 0 spiro atoms. The molecule has 2 unspecified atom stereocenters. The van der Waals surface area contributed by atoms with Crippen molar-refractivity contribution in [1.29, 1.82) is 0 Å². The molecule has 2 atom stereocenters. The lowest BCUT2D eigenvalue weighted by Crippen LogP contribution is -2.65. The molecule has 29 heavy (non-hydrogen) atoms. The van der Waals surface area contributed by atoms with Crippen LogP contribution in [-0.2, 0) is 0 Å². The fourth-order valence-electron chi connectivity index (χ4n) is 5.95. The first-order chi connectivity index (χ1) is 13.5. The summed E-state index contributed by atoms with van der Waals surface area (Å²) in [6, 6.07) is 0.796. The van der Waals surface area contributed by atoms with Crippen LogP contribution in [0.4, 0.5) is 0 Å². The minimum Gasteiger partial charge on any atom is -0.309 e. The van der Waals surface area contributed by atoms with Crippen molar-refractivity contribution >= 4 is 0 Å². The van der Waals surface area contributed by atoms with Gasteiger partial charge in [-0.1, -0.05) is 34.6 Å². The van der Waals surface area contributed by atoms with Crippen LogP contribution in [0.1, 0.15) is 53.9 Å². The van der Waals surface area contributed by atoms with E-state index in [1.165, 1.54) is 71.6 Å². The monoisotopic (exact) mass is 406 g/mol. The van der Waals surface area contributed by atoms with Crippen molar-refractivity contribution in [1.82, 2.24) is 19.6 Å². The van der Waals surface area contributed by atoms with Crippen LogP contribution in [0.2, 0.25) is 0 Å². The van der Waals surface area contributed by atoms with E-state index in [1.807, 2.05) is 0 Å². The second-order valence-electron chi connectivity index (χ2n) is 12.7. The zero-order valence-corrected chi connectivity index (χ0v) is 20.9. The highest BCUT2D eigenvalue weighted by molar-refractivity contribution is 5.03. The van der Waals surface area contributed by atoms with E-state index in [9.17, 15) is 0 Å². The number of hydrogen-bond donors (Lipinski definition) is 0. The Labute approximate surface area is 182 Å². The minimum atomic E-state index is 0.436. The lowest BCUT2D eigenvalue weighted by atomic mass is 9.62. The van der Waals surface area contributed by atoms with Gasteiger partial charge in [-0.05, 0) is 82.1 Å². The molecule has 3 rings (SSSR count). The minimum absolute atomic E-state index is 0.436. The number of nitrogens with zero attached hydrogens (tertiary/aromatic N) is 4. The molecule has 4 nitrogen and oxygen atoms in total. The van der Waals surface area contributed by atoms with Crippen LogP contribution in [-0.4, -0.2) is 99.1 Å². The van der Waals surface area contributed by atoms with Gasteiger partial charge in [-0.25, -0.2) is 0 Å². The van der Waals surface area contributed by atoms with Gasteiger partial charge in [-0.3, -0.25) is 4.90 Å². The number of likely N-dealkylation sites (tertiary alicyclic amines) is 3. The van der Waals surface area contributed by atoms with E-state index >= 15 is 0 Å². The van der Waals surface area contributed by atoms with Gasteiger partial charge in [-0.2, -0.15) is 0 Å². The van der Waals surface area contributed by atoms with Gasteiger partial charge in [-0.15, -0.1) is 0 Å². The second-order valence-corrected chi connectivity index (χ2v) is 12.7. The number of rotatable bonds is 10. The Hall–Kier alpha value is -0.160. The largest absolute Gasteiger partial charge is 0.309 e. The van der Waals surface area contributed by atoms with E-state index in [2.05, 4.69) is 75.4 Å². The lowest BCUT2D eigenvalue weighted by molar-refractivity contribution is -0.0991. The summed E-state index contributed by atoms with van der Waals surface area (Å²) in [6.07, 6.45) is 4.07. The van der Waals surface area contributed by atoms with Crippen molar-refractivity contribution < 1.29 is 0 Å². The normalized spacial score (nSPS) is 28.4. The smallest absolute Gasteiger partial charge is 0.0146 e. The van der Waals surface area contributed by atoms with Crippen LogP contribution in [0.5, 0.6) is 0 Å². The van der Waals surface area contributed by atoms with Gasteiger partial charge < -0.3 is 14.7 Å². The molecule has 0 bridgehead atoms. The zero-order valence-electron chi connectivity index (χ0n) is 20.9. The summed E-state index contributed by atoms with van der Waals surface area (Å²) in [5.41, 5.74) is 0.898. The van der Waals surface area contributed by atoms with Crippen molar-refractivity contribution in [2.75, 3.05) is 73.5 Å². The molecule has 170 valence electrons. The predicted molar refractivity (Wildman–Crippen MR) is 125 cm³/mol. The third-order valence-electron chi connectivity index (χ3n) is 8.24. The molecule has 0 aromatic carbocycles. The Morgan fingerprint density at radius 1 is 0.897 bits per heavy atom. The third-order valence-corrected chi connectivity index (χ3v) is 8.24. The summed E-state index contributed by atoms with van der Waals surface area (Å²) in [7, 11) is 6.62. The number of unbranched alkanes of at least 4 members (excludes halogenated alkanes) is 1. The summed E-state index contributed by atoms with van der Waals surface area (Å²) in [5.74, 6) is 2.66. The Morgan fingerprint density at radius 2 is 1.55 bits per heavy atom. The first-order valence-electron chi connectivity index (χ1n) is 12.3. The highest BCUT2D eigenvalue weighted by Crippen LogP contribution is 2.47. The molecule has 0 aliphatic carbocycles. The van der Waals surface area contributed by atoms with Gasteiger partial charge in [0.25, 0.3) is 0 Å². The standard InChI is InChI=1S/C25H50N4/c1-24(2,3)22-19-29(16-20-14-27(8)15-20)23(22)13-25(4,5)21-17-28(18-21)12-10-9-11-26(6)7/h20-23H,9-19H2,1-8H3. The fourth-order valence-corrected chi connectivity index (χ4v) is 5.95. The molecule has 3 fully saturated rings. The van der Waals surface area contributed by atoms with Gasteiger partial charge >= 0.3 is 0 Å². The van der Waals surface area contributed by atoms with Crippen molar-refractivity contribution in [3.63, 3.8) is 0 Å². The van der Waals surface area contributed by atoms with E-state index in [0.29, 0.717) is 10.8 Å². The van der Waals surface area contributed by atoms with Crippen LogP contribution in [0.3, 0.4) is 0 Å². The van der Waals surface area contributed by atoms with E-state index < -0.39 is 0 Å². The second kappa shape index (κ2) is 9.14. The Morgan fingerprint density at radius 3 is 2.10 bits per heavy atom. The molecule has 0 amide bonds. The van der Waals surface area contributed by atoms with Crippen molar-refractivity contribution in [2.45, 2.75) is 59.9 Å². The molecular formula is C25H50N4. The van der Waals surface area contributed by atoms with Crippen molar-refractivity contribution in [3.8, 4) is 0 Å². The molecule has 4 heteroatoms. The summed E-state index contributed by atoms with van der Waals surface area (Å²) in [5, 5.41) is 0. The van der Waals surface area contributed by atoms with Gasteiger partial charge in [0.15, 0.2) is 0 Å². The average Bonchev–Trinajstić information content (AvgIpc) is 2.50. The molecule has 3 aliphatic heterocycles. The SMILES string of the molecule is CN(C)CCCCN1CC(C(C)(C)CC2C(C(C)(C)C)CN2CC2CN(C)C2)C1. The molecule has 3 heterocycles. The maximum atomic E-state index is 2.85. The summed E-state index contributed by atoms with van der Waals surface area (Å²) in [4.78, 5) is 10.3. The molecule has 3 saturated heterocycles. The third kappa shape index (κ3) is 5.96. The van der Waals surface area contributed by atoms with Crippen LogP contribution >= 0.6 is 0 Å². The Bertz CT molecular complexity index is 511. The van der Waals surface area contributed by atoms with E-state index in [1.54, 1.807) is 0 Å². The van der Waals surface area contributed by atoms with Crippen LogP contribution < -0.4 is 0 Å². The van der Waals surface area contributed by atoms with Crippen LogP contribution in [0, 0.1) is 28.6 Å². The van der Waals surface area contributed by atoms with E-state index in [4.69, 9.17) is 0 Å². The predicted octanol–water partition coefficient (Wildman–Crippen LogP) is 3.58. The molecule has 0 aromatic rings. The summed E-state index contributed by atoms with van der Waals surface area (Å²) < 4.78 is 0. The molecule has 0 saturated carbocycles. The van der Waals surface area contributed by atoms with E-state index in [0.717, 1.165) is 23.8 Å². The van der Waals surface area contributed by atoms with Crippen molar-refractivity contribution in [2.24, 2.45) is 28.6 Å². The summed E-state index contributed by atoms with van der Waals surface area (Å²) >= 11 is 0. The zero-order chi connectivity index (χ0) is 21.4. The molecule has 0 aromatic heterocycles. The summed E-state index contributed by atoms with van der Waals surface area (Å²) in [6.45, 7) is 23.0. The quantitative estimate of drug-likeness (QED) is 0.514. The van der Waals surface area contributed by atoms with Gasteiger partial charge in [0, 0.05) is 45.3 Å². The Kier molecular flexibility index (Phi) is 7.41. The molecule has 3 aliphatic rings. The van der Waals surface area contributed by atoms with Crippen LogP contribution in [0.15, 0.2) is 0 Å². The lowest BCUT2D eigenvalue weighted by Gasteiger charge is -2.59.